The molecule has 0 spiro atoms. The average Bonchev–Trinajstić information content (AvgIpc) is 3.28. The van der Waals surface area contributed by atoms with Gasteiger partial charge >= 0.3 is 0 Å². The van der Waals surface area contributed by atoms with Crippen LogP contribution in [0.15, 0.2) is 18.5 Å². The fraction of sp³-hybridized carbons (Fsp3) is 0.474. The Morgan fingerprint density at radius 2 is 1.96 bits per heavy atom. The van der Waals surface area contributed by atoms with E-state index in [4.69, 9.17) is 5.73 Å². The second-order valence-electron chi connectivity index (χ2n) is 7.33. The Hall–Kier alpha value is -2.52. The summed E-state index contributed by atoms with van der Waals surface area (Å²) in [6.07, 6.45) is 6.36. The van der Waals surface area contributed by atoms with Crippen LogP contribution in [0.2, 0.25) is 0 Å². The summed E-state index contributed by atoms with van der Waals surface area (Å²) in [4.78, 5) is 37.9. The summed E-state index contributed by atoms with van der Waals surface area (Å²) in [5.74, 6) is 0.214. The third-order valence-corrected chi connectivity index (χ3v) is 6.86. The number of aryl methyl sites for hydroxylation is 1. The van der Waals surface area contributed by atoms with Crippen molar-refractivity contribution in [1.29, 1.82) is 0 Å². The molecule has 1 aliphatic carbocycles. The minimum Gasteiger partial charge on any atom is -0.365 e. The van der Waals surface area contributed by atoms with E-state index in [2.05, 4.69) is 20.2 Å². The number of fused-ring (bicyclic) bond motifs is 1. The topological polar surface area (TPSA) is 106 Å². The van der Waals surface area contributed by atoms with Gasteiger partial charge in [0.1, 0.15) is 5.00 Å². The third-order valence-electron chi connectivity index (χ3n) is 5.65. The zero-order chi connectivity index (χ0) is 19.7. The molecule has 0 radical (unpaired) electrons. The van der Waals surface area contributed by atoms with Crippen molar-refractivity contribution in [2.75, 3.05) is 36.4 Å². The molecule has 2 amide bonds. The van der Waals surface area contributed by atoms with Crippen molar-refractivity contribution >= 4 is 34.1 Å². The van der Waals surface area contributed by atoms with E-state index in [-0.39, 0.29) is 11.9 Å². The number of quaternary nitrogens is 1. The molecule has 0 bridgehead atoms. The Balaban J connectivity index is 1.39. The van der Waals surface area contributed by atoms with Gasteiger partial charge in [-0.3, -0.25) is 9.59 Å². The number of anilines is 2. The molecule has 2 aromatic rings. The number of piperazine rings is 1. The van der Waals surface area contributed by atoms with Crippen molar-refractivity contribution in [3.63, 3.8) is 0 Å². The zero-order valence-electron chi connectivity index (χ0n) is 15.9. The number of nitrogens with zero attached hydrogens (tertiary/aromatic N) is 3. The summed E-state index contributed by atoms with van der Waals surface area (Å²) >= 11 is 1.50. The highest BCUT2D eigenvalue weighted by Crippen LogP contribution is 2.38. The lowest BCUT2D eigenvalue weighted by molar-refractivity contribution is -0.914. The van der Waals surface area contributed by atoms with E-state index in [1.165, 1.54) is 21.1 Å². The van der Waals surface area contributed by atoms with Crippen molar-refractivity contribution < 1.29 is 14.5 Å². The van der Waals surface area contributed by atoms with Crippen LogP contribution in [0, 0.1) is 0 Å². The summed E-state index contributed by atoms with van der Waals surface area (Å²) in [6, 6.07) is 1.59. The highest BCUT2D eigenvalue weighted by Gasteiger charge is 2.32. The van der Waals surface area contributed by atoms with E-state index in [9.17, 15) is 9.59 Å². The van der Waals surface area contributed by atoms with Gasteiger partial charge in [-0.1, -0.05) is 0 Å². The highest BCUT2D eigenvalue weighted by atomic mass is 32.1. The normalized spacial score (nSPS) is 18.0. The lowest BCUT2D eigenvalue weighted by atomic mass is 10.1. The van der Waals surface area contributed by atoms with Gasteiger partial charge in [0.2, 0.25) is 5.95 Å². The third kappa shape index (κ3) is 3.59. The monoisotopic (exact) mass is 401 g/mol. The zero-order valence-corrected chi connectivity index (χ0v) is 16.7. The van der Waals surface area contributed by atoms with Crippen molar-refractivity contribution in [3.05, 3.63) is 34.5 Å². The molecule has 1 saturated heterocycles. The van der Waals surface area contributed by atoms with Gasteiger partial charge in [-0.15, -0.1) is 11.3 Å². The summed E-state index contributed by atoms with van der Waals surface area (Å²) in [7, 11) is 0. The largest absolute Gasteiger partial charge is 0.365 e. The number of rotatable bonds is 5. The van der Waals surface area contributed by atoms with Crippen molar-refractivity contribution in [2.45, 2.75) is 32.2 Å². The smallest absolute Gasteiger partial charge is 0.282 e. The van der Waals surface area contributed by atoms with Crippen LogP contribution >= 0.6 is 11.3 Å². The Bertz CT molecular complexity index is 876. The first-order chi connectivity index (χ1) is 13.5. The van der Waals surface area contributed by atoms with Gasteiger partial charge in [-0.05, 0) is 37.8 Å². The van der Waals surface area contributed by atoms with Gasteiger partial charge in [-0.2, -0.15) is 0 Å². The molecule has 1 fully saturated rings. The number of hydrogen-bond acceptors (Lipinski definition) is 6. The Morgan fingerprint density at radius 1 is 1.25 bits per heavy atom. The van der Waals surface area contributed by atoms with Crippen LogP contribution in [0.4, 0.5) is 10.9 Å². The van der Waals surface area contributed by atoms with Gasteiger partial charge in [0.15, 0.2) is 6.04 Å². The number of carbonyl (C=O) groups excluding carboxylic acids is 2. The maximum Gasteiger partial charge on any atom is 0.282 e. The predicted octanol–water partition coefficient (Wildman–Crippen LogP) is -0.142. The van der Waals surface area contributed by atoms with Gasteiger partial charge in [0.05, 0.1) is 31.7 Å². The number of nitrogens with one attached hydrogen (secondary N) is 2. The maximum absolute atomic E-state index is 12.8. The number of primary amides is 1. The van der Waals surface area contributed by atoms with Gasteiger partial charge in [-0.25, -0.2) is 9.97 Å². The van der Waals surface area contributed by atoms with E-state index in [0.717, 1.165) is 57.0 Å². The summed E-state index contributed by atoms with van der Waals surface area (Å²) < 4.78 is 0. The molecule has 0 saturated carbocycles. The van der Waals surface area contributed by atoms with Crippen LogP contribution in [0.5, 0.6) is 0 Å². The predicted molar refractivity (Wildman–Crippen MR) is 108 cm³/mol. The number of nitrogens with two attached hydrogens (primary N) is 1. The molecular weight excluding hydrogens is 376 g/mol. The minimum atomic E-state index is -0.453. The number of hydrogen-bond donors (Lipinski definition) is 3. The first-order valence-corrected chi connectivity index (χ1v) is 10.5. The standard InChI is InChI=1S/C19H24N6O2S/c1-12(24-8-10-25(11-9-24)19-21-6-3-7-22-19)17(27)23-18-15(16(20)26)13-4-2-5-14(13)28-18/h3,6-7,12H,2,4-5,8-11H2,1H3,(H2,20,26)(H,23,27)/p+1/t12-/m1/s1. The Morgan fingerprint density at radius 3 is 2.64 bits per heavy atom. The van der Waals surface area contributed by atoms with Crippen LogP contribution in [0.25, 0.3) is 0 Å². The molecule has 1 atom stereocenters. The summed E-state index contributed by atoms with van der Waals surface area (Å²) in [5, 5.41) is 3.60. The molecule has 4 N–H and O–H groups in total. The molecule has 148 valence electrons. The van der Waals surface area contributed by atoms with Gasteiger partial charge < -0.3 is 20.9 Å². The second-order valence-corrected chi connectivity index (χ2v) is 8.44. The molecule has 4 rings (SSSR count). The molecular formula is C19H25N6O2S+. The number of carbonyl (C=O) groups is 2. The molecule has 1 aliphatic heterocycles. The van der Waals surface area contributed by atoms with E-state index < -0.39 is 5.91 Å². The fourth-order valence-electron chi connectivity index (χ4n) is 4.04. The molecule has 0 aromatic carbocycles. The first-order valence-electron chi connectivity index (χ1n) is 9.66. The first kappa shape index (κ1) is 18.8. The van der Waals surface area contributed by atoms with Gasteiger partial charge in [0, 0.05) is 17.3 Å². The summed E-state index contributed by atoms with van der Waals surface area (Å²) in [6.45, 7) is 5.20. The molecule has 3 heterocycles. The molecule has 8 nitrogen and oxygen atoms in total. The van der Waals surface area contributed by atoms with Crippen molar-refractivity contribution in [3.8, 4) is 0 Å². The lowest BCUT2D eigenvalue weighted by Crippen LogP contribution is -3.19. The van der Waals surface area contributed by atoms with Crippen LogP contribution in [-0.2, 0) is 17.6 Å². The quantitative estimate of drug-likeness (QED) is 0.647. The minimum absolute atomic E-state index is 0.0677. The maximum atomic E-state index is 12.8. The van der Waals surface area contributed by atoms with E-state index in [1.54, 1.807) is 18.5 Å². The Kier molecular flexibility index (Phi) is 5.27. The Labute approximate surface area is 167 Å². The van der Waals surface area contributed by atoms with Crippen molar-refractivity contribution in [1.82, 2.24) is 9.97 Å². The number of thiophene rings is 1. The lowest BCUT2D eigenvalue weighted by Gasteiger charge is -2.34. The molecule has 0 unspecified atom stereocenters. The fourth-order valence-corrected chi connectivity index (χ4v) is 5.34. The van der Waals surface area contributed by atoms with E-state index >= 15 is 0 Å². The SMILES string of the molecule is C[C@H](C(=O)Nc1sc2c(c1C(N)=O)CCC2)[NH+]1CCN(c2ncccn2)CC1. The number of aromatic nitrogens is 2. The van der Waals surface area contributed by atoms with Crippen molar-refractivity contribution in [2.24, 2.45) is 5.73 Å². The van der Waals surface area contributed by atoms with Crippen LogP contribution < -0.4 is 20.9 Å². The molecule has 2 aromatic heterocycles. The molecule has 28 heavy (non-hydrogen) atoms. The van der Waals surface area contributed by atoms with Crippen LogP contribution in [-0.4, -0.2) is 54.0 Å². The van der Waals surface area contributed by atoms with E-state index in [0.29, 0.717) is 10.6 Å². The summed E-state index contributed by atoms with van der Waals surface area (Å²) in [5.41, 5.74) is 7.14. The highest BCUT2D eigenvalue weighted by molar-refractivity contribution is 7.17. The molecule has 9 heteroatoms. The average molecular weight is 402 g/mol. The van der Waals surface area contributed by atoms with Crippen LogP contribution in [0.3, 0.4) is 0 Å². The second kappa shape index (κ2) is 7.84. The number of amides is 2. The van der Waals surface area contributed by atoms with Gasteiger partial charge in [0.25, 0.3) is 11.8 Å². The van der Waals surface area contributed by atoms with Crippen LogP contribution in [0.1, 0.15) is 34.1 Å². The van der Waals surface area contributed by atoms with E-state index in [1.807, 2.05) is 6.92 Å². The molecule has 2 aliphatic rings.